The number of aryl methyl sites for hydroxylation is 1. The lowest BCUT2D eigenvalue weighted by Gasteiger charge is -2.10. The predicted molar refractivity (Wildman–Crippen MR) is 97.8 cm³/mol. The molecule has 6 nitrogen and oxygen atoms in total. The highest BCUT2D eigenvalue weighted by atomic mass is 35.5. The van der Waals surface area contributed by atoms with Gasteiger partial charge in [-0.2, -0.15) is 0 Å². The van der Waals surface area contributed by atoms with Crippen LogP contribution in [0.3, 0.4) is 0 Å². The van der Waals surface area contributed by atoms with E-state index < -0.39 is 0 Å². The molecule has 0 bridgehead atoms. The first kappa shape index (κ1) is 18.2. The van der Waals surface area contributed by atoms with Crippen molar-refractivity contribution in [2.45, 2.75) is 13.3 Å². The van der Waals surface area contributed by atoms with Gasteiger partial charge in [0.2, 0.25) is 5.95 Å². The average molecular weight is 348 g/mol. The summed E-state index contributed by atoms with van der Waals surface area (Å²) < 4.78 is 0. The van der Waals surface area contributed by atoms with E-state index in [1.807, 2.05) is 27.1 Å². The van der Waals surface area contributed by atoms with Crippen LogP contribution >= 0.6 is 11.6 Å². The Morgan fingerprint density at radius 2 is 1.96 bits per heavy atom. The van der Waals surface area contributed by atoms with Crippen molar-refractivity contribution in [3.63, 3.8) is 0 Å². The maximum Gasteiger partial charge on any atom is 0.258 e. The van der Waals surface area contributed by atoms with Gasteiger partial charge in [0.1, 0.15) is 0 Å². The number of hydrogen-bond acceptors (Lipinski definition) is 5. The molecule has 2 aromatic rings. The maximum absolute atomic E-state index is 12.3. The molecule has 0 spiro atoms. The average Bonchev–Trinajstić information content (AvgIpc) is 2.55. The van der Waals surface area contributed by atoms with E-state index in [1.54, 1.807) is 12.1 Å². The Hall–Kier alpha value is -2.18. The Kier molecular flexibility index (Phi) is 6.52. The standard InChI is InChI=1S/C17H22ClN5O/c1-12-5-6-14(18)9-15(12)22-16(24)13-10-20-17(21-11-13)19-7-4-8-23(2)3/h5-6,9-11H,4,7-8H2,1-3H3,(H,22,24)(H,19,20,21). The van der Waals surface area contributed by atoms with Gasteiger partial charge in [0.15, 0.2) is 0 Å². The highest BCUT2D eigenvalue weighted by molar-refractivity contribution is 6.31. The molecule has 0 saturated heterocycles. The van der Waals surface area contributed by atoms with E-state index in [2.05, 4.69) is 25.5 Å². The fourth-order valence-corrected chi connectivity index (χ4v) is 2.23. The topological polar surface area (TPSA) is 70.2 Å². The predicted octanol–water partition coefficient (Wildman–Crippen LogP) is 3.05. The largest absolute Gasteiger partial charge is 0.354 e. The zero-order valence-corrected chi connectivity index (χ0v) is 14.9. The molecule has 1 aromatic carbocycles. The van der Waals surface area contributed by atoms with Crippen LogP contribution in [0.1, 0.15) is 22.3 Å². The molecule has 0 aliphatic heterocycles. The summed E-state index contributed by atoms with van der Waals surface area (Å²) in [5, 5.41) is 6.53. The number of benzene rings is 1. The molecule has 1 aromatic heterocycles. The van der Waals surface area contributed by atoms with Gasteiger partial charge >= 0.3 is 0 Å². The summed E-state index contributed by atoms with van der Waals surface area (Å²) in [6.45, 7) is 3.68. The minimum Gasteiger partial charge on any atom is -0.354 e. The van der Waals surface area contributed by atoms with Gasteiger partial charge < -0.3 is 15.5 Å². The van der Waals surface area contributed by atoms with Gasteiger partial charge in [-0.05, 0) is 51.7 Å². The summed E-state index contributed by atoms with van der Waals surface area (Å²) in [5.41, 5.74) is 2.01. The smallest absolute Gasteiger partial charge is 0.258 e. The van der Waals surface area contributed by atoms with Crippen LogP contribution in [0.5, 0.6) is 0 Å². The van der Waals surface area contributed by atoms with Crippen LogP contribution in [0.15, 0.2) is 30.6 Å². The van der Waals surface area contributed by atoms with Gasteiger partial charge in [0, 0.05) is 29.6 Å². The Bertz CT molecular complexity index is 688. The first-order valence-electron chi connectivity index (χ1n) is 7.74. The molecule has 0 atom stereocenters. The summed E-state index contributed by atoms with van der Waals surface area (Å²) >= 11 is 5.96. The minimum atomic E-state index is -0.264. The molecular formula is C17H22ClN5O. The van der Waals surface area contributed by atoms with Gasteiger partial charge in [-0.25, -0.2) is 9.97 Å². The van der Waals surface area contributed by atoms with E-state index >= 15 is 0 Å². The van der Waals surface area contributed by atoms with Gasteiger partial charge in [-0.15, -0.1) is 0 Å². The molecule has 0 aliphatic carbocycles. The molecule has 1 heterocycles. The number of halogens is 1. The summed E-state index contributed by atoms with van der Waals surface area (Å²) in [5.74, 6) is 0.253. The third-order valence-electron chi connectivity index (χ3n) is 3.43. The molecule has 128 valence electrons. The Morgan fingerprint density at radius 3 is 2.62 bits per heavy atom. The maximum atomic E-state index is 12.3. The van der Waals surface area contributed by atoms with E-state index in [-0.39, 0.29) is 5.91 Å². The zero-order chi connectivity index (χ0) is 17.5. The highest BCUT2D eigenvalue weighted by Gasteiger charge is 2.09. The first-order valence-corrected chi connectivity index (χ1v) is 8.11. The van der Waals surface area contributed by atoms with Crippen molar-refractivity contribution in [2.75, 3.05) is 37.8 Å². The quantitative estimate of drug-likeness (QED) is 0.753. The van der Waals surface area contributed by atoms with Crippen molar-refractivity contribution < 1.29 is 4.79 Å². The fraction of sp³-hybridized carbons (Fsp3) is 0.353. The second kappa shape index (κ2) is 8.61. The van der Waals surface area contributed by atoms with Gasteiger partial charge in [-0.1, -0.05) is 17.7 Å². The van der Waals surface area contributed by atoms with Crippen molar-refractivity contribution in [2.24, 2.45) is 0 Å². The number of anilines is 2. The van der Waals surface area contributed by atoms with Crippen molar-refractivity contribution >= 4 is 29.1 Å². The Labute approximate surface area is 147 Å². The molecular weight excluding hydrogens is 326 g/mol. The van der Waals surface area contributed by atoms with Crippen molar-refractivity contribution in [1.29, 1.82) is 0 Å². The van der Waals surface area contributed by atoms with Crippen LogP contribution < -0.4 is 10.6 Å². The number of hydrogen-bond donors (Lipinski definition) is 2. The fourth-order valence-electron chi connectivity index (χ4n) is 2.06. The molecule has 7 heteroatoms. The molecule has 2 N–H and O–H groups in total. The van der Waals surface area contributed by atoms with Gasteiger partial charge in [0.05, 0.1) is 5.56 Å². The van der Waals surface area contributed by atoms with E-state index in [0.29, 0.717) is 22.2 Å². The van der Waals surface area contributed by atoms with E-state index in [1.165, 1.54) is 12.4 Å². The molecule has 0 saturated carbocycles. The molecule has 2 rings (SSSR count). The molecule has 0 aliphatic rings. The lowest BCUT2D eigenvalue weighted by Crippen LogP contribution is -2.17. The summed E-state index contributed by atoms with van der Waals surface area (Å²) in [7, 11) is 4.07. The zero-order valence-electron chi connectivity index (χ0n) is 14.1. The Balaban J connectivity index is 1.92. The van der Waals surface area contributed by atoms with Crippen molar-refractivity contribution in [3.05, 3.63) is 46.7 Å². The number of rotatable bonds is 7. The van der Waals surface area contributed by atoms with Crippen LogP contribution in [0.4, 0.5) is 11.6 Å². The molecule has 0 radical (unpaired) electrons. The number of nitrogens with one attached hydrogen (secondary N) is 2. The number of carbonyl (C=O) groups is 1. The molecule has 1 amide bonds. The van der Waals surface area contributed by atoms with E-state index in [4.69, 9.17) is 11.6 Å². The van der Waals surface area contributed by atoms with Crippen LogP contribution in [0.25, 0.3) is 0 Å². The number of aromatic nitrogens is 2. The highest BCUT2D eigenvalue weighted by Crippen LogP contribution is 2.20. The summed E-state index contributed by atoms with van der Waals surface area (Å²) in [6, 6.07) is 5.36. The molecule has 0 unspecified atom stereocenters. The second-order valence-electron chi connectivity index (χ2n) is 5.79. The van der Waals surface area contributed by atoms with Crippen molar-refractivity contribution in [1.82, 2.24) is 14.9 Å². The van der Waals surface area contributed by atoms with Crippen LogP contribution in [0, 0.1) is 6.92 Å². The van der Waals surface area contributed by atoms with E-state index in [9.17, 15) is 4.79 Å². The first-order chi connectivity index (χ1) is 11.5. The monoisotopic (exact) mass is 347 g/mol. The number of nitrogens with zero attached hydrogens (tertiary/aromatic N) is 3. The van der Waals surface area contributed by atoms with Gasteiger partial charge in [-0.3, -0.25) is 4.79 Å². The summed E-state index contributed by atoms with van der Waals surface area (Å²) in [6.07, 6.45) is 4.01. The SMILES string of the molecule is Cc1ccc(Cl)cc1NC(=O)c1cnc(NCCCN(C)C)nc1. The number of carbonyl (C=O) groups excluding carboxylic acids is 1. The normalized spacial score (nSPS) is 10.7. The lowest BCUT2D eigenvalue weighted by molar-refractivity contribution is 0.102. The summed E-state index contributed by atoms with van der Waals surface area (Å²) in [4.78, 5) is 22.7. The minimum absolute atomic E-state index is 0.264. The lowest BCUT2D eigenvalue weighted by atomic mass is 10.2. The second-order valence-corrected chi connectivity index (χ2v) is 6.23. The number of amides is 1. The molecule has 0 fully saturated rings. The van der Waals surface area contributed by atoms with Crippen LogP contribution in [0.2, 0.25) is 5.02 Å². The Morgan fingerprint density at radius 1 is 1.25 bits per heavy atom. The molecule has 24 heavy (non-hydrogen) atoms. The van der Waals surface area contributed by atoms with Gasteiger partial charge in [0.25, 0.3) is 5.91 Å². The van der Waals surface area contributed by atoms with Crippen molar-refractivity contribution in [3.8, 4) is 0 Å². The van der Waals surface area contributed by atoms with E-state index in [0.717, 1.165) is 25.1 Å². The third-order valence-corrected chi connectivity index (χ3v) is 3.66. The van der Waals surface area contributed by atoms with Crippen LogP contribution in [-0.2, 0) is 0 Å². The van der Waals surface area contributed by atoms with Crippen LogP contribution in [-0.4, -0.2) is 48.0 Å². The third kappa shape index (κ3) is 5.47.